The quantitative estimate of drug-likeness (QED) is 0.869. The van der Waals surface area contributed by atoms with Crippen molar-refractivity contribution in [3.63, 3.8) is 0 Å². The summed E-state index contributed by atoms with van der Waals surface area (Å²) >= 11 is 4.96. The van der Waals surface area contributed by atoms with Gasteiger partial charge < -0.3 is 16.0 Å². The molecule has 0 saturated carbocycles. The number of nitrogens with two attached hydrogens (primary N) is 1. The predicted molar refractivity (Wildman–Crippen MR) is 76.8 cm³/mol. The van der Waals surface area contributed by atoms with Crippen LogP contribution in [0, 0.1) is 5.92 Å². The van der Waals surface area contributed by atoms with E-state index in [-0.39, 0.29) is 11.8 Å². The number of carbonyl (C=O) groups excluding carboxylic acids is 1. The molecule has 1 unspecified atom stereocenters. The molecule has 2 rings (SSSR count). The summed E-state index contributed by atoms with van der Waals surface area (Å²) in [6, 6.07) is 0. The molecule has 100 valence electrons. The number of aromatic nitrogens is 1. The lowest BCUT2D eigenvalue weighted by atomic mass is 9.97. The van der Waals surface area contributed by atoms with E-state index in [1.165, 1.54) is 0 Å². The number of amides is 1. The lowest BCUT2D eigenvalue weighted by molar-refractivity contribution is -0.125. The van der Waals surface area contributed by atoms with Crippen LogP contribution in [0.25, 0.3) is 0 Å². The van der Waals surface area contributed by atoms with Gasteiger partial charge in [0.05, 0.1) is 5.92 Å². The Morgan fingerprint density at radius 3 is 3.22 bits per heavy atom. The first-order valence-electron chi connectivity index (χ1n) is 6.04. The van der Waals surface area contributed by atoms with Gasteiger partial charge in [-0.05, 0) is 28.8 Å². The fraction of sp³-hybridized carbons (Fsp3) is 0.636. The Labute approximate surface area is 119 Å². The first kappa shape index (κ1) is 13.8. The summed E-state index contributed by atoms with van der Waals surface area (Å²) < 4.78 is 0.859. The summed E-state index contributed by atoms with van der Waals surface area (Å²) in [5.74, 6) is 0.161. The predicted octanol–water partition coefficient (Wildman–Crippen LogP) is 1.20. The molecule has 1 atom stereocenters. The SMILES string of the molecule is NCCNC(=O)C1CCCN(c2nc(Br)cs2)C1. The van der Waals surface area contributed by atoms with Gasteiger partial charge >= 0.3 is 0 Å². The van der Waals surface area contributed by atoms with Gasteiger partial charge in [0.15, 0.2) is 5.13 Å². The molecule has 7 heteroatoms. The summed E-state index contributed by atoms with van der Waals surface area (Å²) in [5, 5.41) is 5.81. The lowest BCUT2D eigenvalue weighted by Crippen LogP contribution is -2.44. The minimum Gasteiger partial charge on any atom is -0.355 e. The molecule has 1 saturated heterocycles. The smallest absolute Gasteiger partial charge is 0.224 e. The molecule has 0 bridgehead atoms. The average molecular weight is 333 g/mol. The molecular weight excluding hydrogens is 316 g/mol. The molecule has 1 aliphatic rings. The molecular formula is C11H17BrN4OS. The Balaban J connectivity index is 1.94. The minimum absolute atomic E-state index is 0.0491. The maximum Gasteiger partial charge on any atom is 0.224 e. The molecule has 1 aromatic rings. The van der Waals surface area contributed by atoms with Crippen LogP contribution >= 0.6 is 27.3 Å². The van der Waals surface area contributed by atoms with Gasteiger partial charge in [-0.1, -0.05) is 0 Å². The van der Waals surface area contributed by atoms with Crippen LogP contribution in [-0.2, 0) is 4.79 Å². The van der Waals surface area contributed by atoms with E-state index in [0.717, 1.165) is 35.7 Å². The highest BCUT2D eigenvalue weighted by Crippen LogP contribution is 2.28. The second-order valence-electron chi connectivity index (χ2n) is 4.32. The zero-order chi connectivity index (χ0) is 13.0. The highest BCUT2D eigenvalue weighted by atomic mass is 79.9. The van der Waals surface area contributed by atoms with Gasteiger partial charge in [-0.25, -0.2) is 4.98 Å². The van der Waals surface area contributed by atoms with E-state index < -0.39 is 0 Å². The highest BCUT2D eigenvalue weighted by Gasteiger charge is 2.26. The average Bonchev–Trinajstić information content (AvgIpc) is 2.83. The number of carbonyl (C=O) groups is 1. The molecule has 0 radical (unpaired) electrons. The number of hydrogen-bond acceptors (Lipinski definition) is 5. The van der Waals surface area contributed by atoms with Gasteiger partial charge in [-0.3, -0.25) is 4.79 Å². The number of nitrogens with one attached hydrogen (secondary N) is 1. The molecule has 3 N–H and O–H groups in total. The minimum atomic E-state index is 0.0491. The summed E-state index contributed by atoms with van der Waals surface area (Å²) in [4.78, 5) is 18.5. The number of thiazole rings is 1. The van der Waals surface area contributed by atoms with Crippen molar-refractivity contribution in [3.05, 3.63) is 9.98 Å². The molecule has 1 amide bonds. The largest absolute Gasteiger partial charge is 0.355 e. The van der Waals surface area contributed by atoms with E-state index in [0.29, 0.717) is 13.1 Å². The first-order valence-corrected chi connectivity index (χ1v) is 7.71. The van der Waals surface area contributed by atoms with Crippen LogP contribution in [0.4, 0.5) is 5.13 Å². The van der Waals surface area contributed by atoms with Gasteiger partial charge in [0.25, 0.3) is 0 Å². The summed E-state index contributed by atoms with van der Waals surface area (Å²) in [6.45, 7) is 2.76. The maximum absolute atomic E-state index is 11.9. The monoisotopic (exact) mass is 332 g/mol. The molecule has 18 heavy (non-hydrogen) atoms. The van der Waals surface area contributed by atoms with E-state index in [1.54, 1.807) is 11.3 Å². The van der Waals surface area contributed by atoms with Crippen LogP contribution in [0.2, 0.25) is 0 Å². The van der Waals surface area contributed by atoms with Crippen LogP contribution in [-0.4, -0.2) is 37.1 Å². The molecule has 1 aliphatic heterocycles. The van der Waals surface area contributed by atoms with Crippen molar-refractivity contribution in [2.75, 3.05) is 31.1 Å². The number of halogens is 1. The highest BCUT2D eigenvalue weighted by molar-refractivity contribution is 9.10. The number of hydrogen-bond donors (Lipinski definition) is 2. The Morgan fingerprint density at radius 2 is 2.56 bits per heavy atom. The number of rotatable bonds is 4. The molecule has 0 aliphatic carbocycles. The van der Waals surface area contributed by atoms with Gasteiger partial charge in [0.1, 0.15) is 4.60 Å². The third kappa shape index (κ3) is 3.43. The molecule has 0 spiro atoms. The van der Waals surface area contributed by atoms with E-state index in [2.05, 4.69) is 31.1 Å². The molecule has 0 aromatic carbocycles. The van der Waals surface area contributed by atoms with E-state index >= 15 is 0 Å². The van der Waals surface area contributed by atoms with Crippen LogP contribution < -0.4 is 16.0 Å². The van der Waals surface area contributed by atoms with Crippen LogP contribution in [0.5, 0.6) is 0 Å². The molecule has 1 fully saturated rings. The summed E-state index contributed by atoms with van der Waals surface area (Å²) in [5.41, 5.74) is 5.39. The molecule has 1 aromatic heterocycles. The second-order valence-corrected chi connectivity index (χ2v) is 5.97. The number of piperidine rings is 1. The lowest BCUT2D eigenvalue weighted by Gasteiger charge is -2.31. The van der Waals surface area contributed by atoms with E-state index in [1.807, 2.05) is 5.38 Å². The van der Waals surface area contributed by atoms with E-state index in [9.17, 15) is 4.79 Å². The van der Waals surface area contributed by atoms with Crippen LogP contribution in [0.3, 0.4) is 0 Å². The van der Waals surface area contributed by atoms with Gasteiger partial charge in [0.2, 0.25) is 5.91 Å². The molecule has 5 nitrogen and oxygen atoms in total. The van der Waals surface area contributed by atoms with Crippen molar-refractivity contribution in [1.82, 2.24) is 10.3 Å². The Kier molecular flexibility index (Phi) is 4.96. The van der Waals surface area contributed by atoms with Gasteiger partial charge in [-0.15, -0.1) is 11.3 Å². The van der Waals surface area contributed by atoms with Crippen molar-refractivity contribution in [1.29, 1.82) is 0 Å². The zero-order valence-electron chi connectivity index (χ0n) is 10.1. The third-order valence-electron chi connectivity index (χ3n) is 2.97. The van der Waals surface area contributed by atoms with Crippen molar-refractivity contribution >= 4 is 38.3 Å². The maximum atomic E-state index is 11.9. The summed E-state index contributed by atoms with van der Waals surface area (Å²) in [7, 11) is 0. The Morgan fingerprint density at radius 1 is 1.72 bits per heavy atom. The fourth-order valence-corrected chi connectivity index (χ4v) is 3.38. The standard InChI is InChI=1S/C11H17BrN4OS/c12-9-7-18-11(15-9)16-5-1-2-8(6-16)10(17)14-4-3-13/h7-8H,1-6,13H2,(H,14,17). The third-order valence-corrected chi connectivity index (χ3v) is 4.58. The number of nitrogens with zero attached hydrogens (tertiary/aromatic N) is 2. The van der Waals surface area contributed by atoms with E-state index in [4.69, 9.17) is 5.73 Å². The van der Waals surface area contributed by atoms with Crippen molar-refractivity contribution in [3.8, 4) is 0 Å². The summed E-state index contributed by atoms with van der Waals surface area (Å²) in [6.07, 6.45) is 1.97. The van der Waals surface area contributed by atoms with Crippen molar-refractivity contribution < 1.29 is 4.79 Å². The number of anilines is 1. The van der Waals surface area contributed by atoms with Crippen molar-refractivity contribution in [2.45, 2.75) is 12.8 Å². The van der Waals surface area contributed by atoms with Crippen molar-refractivity contribution in [2.24, 2.45) is 11.7 Å². The Hall–Kier alpha value is -0.660. The fourth-order valence-electron chi connectivity index (χ4n) is 2.10. The van der Waals surface area contributed by atoms with Gasteiger partial charge in [0, 0.05) is 31.6 Å². The zero-order valence-corrected chi connectivity index (χ0v) is 12.5. The Bertz CT molecular complexity index is 412. The van der Waals surface area contributed by atoms with Crippen LogP contribution in [0.15, 0.2) is 9.98 Å². The first-order chi connectivity index (χ1) is 8.70. The topological polar surface area (TPSA) is 71.2 Å². The van der Waals surface area contributed by atoms with Crippen LogP contribution in [0.1, 0.15) is 12.8 Å². The molecule has 2 heterocycles. The van der Waals surface area contributed by atoms with Gasteiger partial charge in [-0.2, -0.15) is 0 Å². The second kappa shape index (κ2) is 6.49. The normalized spacial score (nSPS) is 19.9.